The number of benzene rings is 1. The third-order valence-corrected chi connectivity index (χ3v) is 3.42. The molecule has 8 heteroatoms. The quantitative estimate of drug-likeness (QED) is 0.483. The average Bonchev–Trinajstić information content (AvgIpc) is 2.56. The van der Waals surface area contributed by atoms with Crippen molar-refractivity contribution in [3.8, 4) is 0 Å². The van der Waals surface area contributed by atoms with Crippen molar-refractivity contribution in [3.63, 3.8) is 0 Å². The van der Waals surface area contributed by atoms with Gasteiger partial charge in [0.15, 0.2) is 0 Å². The molecule has 1 saturated heterocycles. The zero-order valence-corrected chi connectivity index (χ0v) is 12.7. The van der Waals surface area contributed by atoms with E-state index in [9.17, 15) is 14.4 Å². The number of carbonyl (C=O) groups is 3. The minimum atomic E-state index is -0.978. The van der Waals surface area contributed by atoms with Crippen molar-refractivity contribution in [2.45, 2.75) is 0 Å². The number of hydrogen-bond donors (Lipinski definition) is 3. The molecule has 0 saturated carbocycles. The molecule has 2 rings (SSSR count). The van der Waals surface area contributed by atoms with E-state index >= 15 is 0 Å². The van der Waals surface area contributed by atoms with Crippen LogP contribution in [0.4, 0.5) is 5.69 Å². The Bertz CT molecular complexity index is 567. The Morgan fingerprint density at radius 3 is 2.39 bits per heavy atom. The summed E-state index contributed by atoms with van der Waals surface area (Å²) in [6.45, 7) is 3.92. The number of carbonyl (C=O) groups excluding carboxylic acids is 3. The van der Waals surface area contributed by atoms with E-state index in [4.69, 9.17) is 10.5 Å². The highest BCUT2D eigenvalue weighted by atomic mass is 16.5. The lowest BCUT2D eigenvalue weighted by atomic mass is 10.2. The molecule has 1 aromatic carbocycles. The van der Waals surface area contributed by atoms with Crippen LogP contribution < -0.4 is 16.4 Å². The molecule has 1 fully saturated rings. The van der Waals surface area contributed by atoms with Crippen LogP contribution >= 0.6 is 0 Å². The maximum Gasteiger partial charge on any atom is 0.316 e. The van der Waals surface area contributed by atoms with Crippen molar-refractivity contribution < 1.29 is 19.1 Å². The van der Waals surface area contributed by atoms with E-state index in [1.54, 1.807) is 12.1 Å². The fourth-order valence-corrected chi connectivity index (χ4v) is 2.10. The van der Waals surface area contributed by atoms with Crippen molar-refractivity contribution in [1.29, 1.82) is 0 Å². The fourth-order valence-electron chi connectivity index (χ4n) is 2.10. The van der Waals surface area contributed by atoms with Crippen LogP contribution in [-0.4, -0.2) is 62.0 Å². The zero-order chi connectivity index (χ0) is 16.7. The highest BCUT2D eigenvalue weighted by Crippen LogP contribution is 2.04. The summed E-state index contributed by atoms with van der Waals surface area (Å²) < 4.78 is 5.22. The Balaban J connectivity index is 1.72. The summed E-state index contributed by atoms with van der Waals surface area (Å²) >= 11 is 0. The maximum atomic E-state index is 11.8. The molecule has 0 aromatic heterocycles. The number of imide groups is 1. The van der Waals surface area contributed by atoms with Gasteiger partial charge in [0, 0.05) is 37.4 Å². The molecule has 4 N–H and O–H groups in total. The molecule has 23 heavy (non-hydrogen) atoms. The van der Waals surface area contributed by atoms with Crippen molar-refractivity contribution >= 4 is 23.4 Å². The molecule has 1 aliphatic heterocycles. The zero-order valence-electron chi connectivity index (χ0n) is 12.7. The van der Waals surface area contributed by atoms with E-state index < -0.39 is 17.7 Å². The molecule has 0 aliphatic carbocycles. The molecular formula is C15H20N4O4. The molecular weight excluding hydrogens is 300 g/mol. The smallest absolute Gasteiger partial charge is 0.316 e. The number of anilines is 1. The maximum absolute atomic E-state index is 11.8. The molecule has 3 amide bonds. The van der Waals surface area contributed by atoms with Gasteiger partial charge in [0.1, 0.15) is 0 Å². The van der Waals surface area contributed by atoms with Gasteiger partial charge in [-0.15, -0.1) is 0 Å². The highest BCUT2D eigenvalue weighted by molar-refractivity contribution is 6.38. The van der Waals surface area contributed by atoms with E-state index in [1.165, 1.54) is 12.1 Å². The molecule has 8 nitrogen and oxygen atoms in total. The van der Waals surface area contributed by atoms with Crippen LogP contribution in [0.1, 0.15) is 10.4 Å². The van der Waals surface area contributed by atoms with Crippen LogP contribution in [0.3, 0.4) is 0 Å². The second-order valence-corrected chi connectivity index (χ2v) is 5.12. The number of nitrogens with two attached hydrogens (primary N) is 1. The number of ether oxygens (including phenoxy) is 1. The third-order valence-electron chi connectivity index (χ3n) is 3.42. The number of hydrogen-bond acceptors (Lipinski definition) is 6. The van der Waals surface area contributed by atoms with Crippen LogP contribution in [-0.2, 0) is 14.3 Å². The summed E-state index contributed by atoms with van der Waals surface area (Å²) in [5.74, 6) is -2.45. The molecule has 0 radical (unpaired) electrons. The summed E-state index contributed by atoms with van der Waals surface area (Å²) in [5, 5.41) is 4.53. The first-order valence-corrected chi connectivity index (χ1v) is 7.35. The Labute approximate surface area is 134 Å². The number of nitrogens with one attached hydrogen (secondary N) is 2. The molecule has 0 bridgehead atoms. The van der Waals surface area contributed by atoms with Gasteiger partial charge in [0.25, 0.3) is 5.91 Å². The monoisotopic (exact) mass is 320 g/mol. The first-order chi connectivity index (χ1) is 11.1. The van der Waals surface area contributed by atoms with Crippen molar-refractivity contribution in [3.05, 3.63) is 29.8 Å². The lowest BCUT2D eigenvalue weighted by molar-refractivity contribution is -0.138. The van der Waals surface area contributed by atoms with Crippen LogP contribution in [0.25, 0.3) is 0 Å². The molecule has 1 heterocycles. The van der Waals surface area contributed by atoms with Crippen molar-refractivity contribution in [2.75, 3.05) is 45.1 Å². The SMILES string of the molecule is Nc1ccc(C(=O)NC(=O)C(=O)NCCN2CCOCC2)cc1. The molecule has 0 atom stereocenters. The van der Waals surface area contributed by atoms with Gasteiger partial charge >= 0.3 is 11.8 Å². The van der Waals surface area contributed by atoms with Gasteiger partial charge in [0.2, 0.25) is 0 Å². The van der Waals surface area contributed by atoms with Gasteiger partial charge in [0.05, 0.1) is 13.2 Å². The summed E-state index contributed by atoms with van der Waals surface area (Å²) in [6, 6.07) is 6.05. The van der Waals surface area contributed by atoms with Crippen LogP contribution in [0.15, 0.2) is 24.3 Å². The number of rotatable bonds is 4. The summed E-state index contributed by atoms with van der Waals surface area (Å²) in [7, 11) is 0. The number of amides is 3. The summed E-state index contributed by atoms with van der Waals surface area (Å²) in [5.41, 5.74) is 6.28. The van der Waals surface area contributed by atoms with Crippen LogP contribution in [0.5, 0.6) is 0 Å². The van der Waals surface area contributed by atoms with Crippen LogP contribution in [0, 0.1) is 0 Å². The second kappa shape index (κ2) is 8.25. The largest absolute Gasteiger partial charge is 0.399 e. The fraction of sp³-hybridized carbons (Fsp3) is 0.400. The van der Waals surface area contributed by atoms with E-state index in [1.807, 2.05) is 5.32 Å². The number of nitrogen functional groups attached to an aromatic ring is 1. The first kappa shape index (κ1) is 16.9. The van der Waals surface area contributed by atoms with Crippen LogP contribution in [0.2, 0.25) is 0 Å². The third kappa shape index (κ3) is 5.35. The predicted molar refractivity (Wildman–Crippen MR) is 83.6 cm³/mol. The lowest BCUT2D eigenvalue weighted by Crippen LogP contribution is -2.46. The standard InChI is InChI=1S/C15H20N4O4/c16-12-3-1-11(2-4-12)13(20)18-15(22)14(21)17-5-6-19-7-9-23-10-8-19/h1-4H,5-10,16H2,(H,17,21)(H,18,20,22). The first-order valence-electron chi connectivity index (χ1n) is 7.35. The van der Waals surface area contributed by atoms with Gasteiger partial charge in [-0.1, -0.05) is 0 Å². The minimum absolute atomic E-state index is 0.258. The van der Waals surface area contributed by atoms with Gasteiger partial charge in [-0.2, -0.15) is 0 Å². The van der Waals surface area contributed by atoms with Gasteiger partial charge in [-0.05, 0) is 24.3 Å². The van der Waals surface area contributed by atoms with E-state index in [-0.39, 0.29) is 5.56 Å². The second-order valence-electron chi connectivity index (χ2n) is 5.12. The average molecular weight is 320 g/mol. The molecule has 0 spiro atoms. The molecule has 0 unspecified atom stereocenters. The highest BCUT2D eigenvalue weighted by Gasteiger charge is 2.18. The van der Waals surface area contributed by atoms with E-state index in [0.29, 0.717) is 32.0 Å². The topological polar surface area (TPSA) is 114 Å². The molecule has 1 aliphatic rings. The Morgan fingerprint density at radius 1 is 1.09 bits per heavy atom. The van der Waals surface area contributed by atoms with Crippen molar-refractivity contribution in [2.24, 2.45) is 0 Å². The Hall–Kier alpha value is -2.45. The van der Waals surface area contributed by atoms with E-state index in [2.05, 4.69) is 10.2 Å². The predicted octanol–water partition coefficient (Wildman–Crippen LogP) is -1.03. The van der Waals surface area contributed by atoms with Gasteiger partial charge < -0.3 is 15.8 Å². The summed E-state index contributed by atoms with van der Waals surface area (Å²) in [4.78, 5) is 37.3. The van der Waals surface area contributed by atoms with Gasteiger partial charge in [-0.3, -0.25) is 24.6 Å². The minimum Gasteiger partial charge on any atom is -0.399 e. The molecule has 1 aromatic rings. The van der Waals surface area contributed by atoms with Crippen molar-refractivity contribution in [1.82, 2.24) is 15.5 Å². The van der Waals surface area contributed by atoms with E-state index in [0.717, 1.165) is 13.1 Å². The van der Waals surface area contributed by atoms with Gasteiger partial charge in [-0.25, -0.2) is 0 Å². The normalized spacial score (nSPS) is 15.0. The number of nitrogens with zero attached hydrogens (tertiary/aromatic N) is 1. The Morgan fingerprint density at radius 2 is 1.74 bits per heavy atom. The molecule has 124 valence electrons. The lowest BCUT2D eigenvalue weighted by Gasteiger charge is -2.26. The summed E-state index contributed by atoms with van der Waals surface area (Å²) in [6.07, 6.45) is 0. The number of morpholine rings is 1. The Kier molecular flexibility index (Phi) is 6.07.